The molecule has 0 aromatic carbocycles. The standard InChI is InChI=1S/C10H18N4O2/c1-7(11)4-5-12-10-13-8(15-2)6-9(14-10)16-3/h6-7H,4-5,11H2,1-3H3,(H,12,13,14). The smallest absolute Gasteiger partial charge is 0.229 e. The van der Waals surface area contributed by atoms with Crippen LogP contribution in [-0.4, -0.2) is 36.8 Å². The molecule has 3 N–H and O–H groups in total. The average Bonchev–Trinajstić information content (AvgIpc) is 2.28. The maximum absolute atomic E-state index is 5.64. The van der Waals surface area contributed by atoms with Crippen molar-refractivity contribution in [1.29, 1.82) is 0 Å². The minimum atomic E-state index is 0.153. The summed E-state index contributed by atoms with van der Waals surface area (Å²) >= 11 is 0. The topological polar surface area (TPSA) is 82.3 Å². The molecule has 1 heterocycles. The van der Waals surface area contributed by atoms with Crippen molar-refractivity contribution in [2.24, 2.45) is 5.73 Å². The fourth-order valence-electron chi connectivity index (χ4n) is 1.10. The van der Waals surface area contributed by atoms with Gasteiger partial charge in [0.1, 0.15) is 0 Å². The average molecular weight is 226 g/mol. The van der Waals surface area contributed by atoms with Crippen molar-refractivity contribution in [3.63, 3.8) is 0 Å². The van der Waals surface area contributed by atoms with E-state index in [4.69, 9.17) is 15.2 Å². The van der Waals surface area contributed by atoms with Gasteiger partial charge in [-0.25, -0.2) is 0 Å². The van der Waals surface area contributed by atoms with Gasteiger partial charge in [0.2, 0.25) is 17.7 Å². The van der Waals surface area contributed by atoms with E-state index in [2.05, 4.69) is 15.3 Å². The van der Waals surface area contributed by atoms with E-state index in [1.165, 1.54) is 0 Å². The van der Waals surface area contributed by atoms with Crippen LogP contribution < -0.4 is 20.5 Å². The molecule has 0 saturated heterocycles. The molecule has 0 spiro atoms. The lowest BCUT2D eigenvalue weighted by molar-refractivity contribution is 0.373. The molecule has 90 valence electrons. The van der Waals surface area contributed by atoms with Crippen LogP contribution in [0, 0.1) is 0 Å². The lowest BCUT2D eigenvalue weighted by Crippen LogP contribution is -2.19. The normalized spacial score (nSPS) is 12.0. The lowest BCUT2D eigenvalue weighted by Gasteiger charge is -2.09. The minimum Gasteiger partial charge on any atom is -0.481 e. The van der Waals surface area contributed by atoms with E-state index >= 15 is 0 Å². The Labute approximate surface area is 95.2 Å². The number of hydrogen-bond acceptors (Lipinski definition) is 6. The van der Waals surface area contributed by atoms with Gasteiger partial charge in [-0.05, 0) is 13.3 Å². The predicted octanol–water partition coefficient (Wildman–Crippen LogP) is 0.643. The van der Waals surface area contributed by atoms with Crippen LogP contribution in [0.5, 0.6) is 11.8 Å². The molecule has 0 aliphatic carbocycles. The number of ether oxygens (including phenoxy) is 2. The first-order valence-electron chi connectivity index (χ1n) is 5.12. The van der Waals surface area contributed by atoms with Gasteiger partial charge in [0.05, 0.1) is 20.3 Å². The molecule has 0 bridgehead atoms. The molecular formula is C10H18N4O2. The first-order valence-corrected chi connectivity index (χ1v) is 5.12. The Bertz CT molecular complexity index is 308. The number of rotatable bonds is 6. The second-order valence-corrected chi connectivity index (χ2v) is 3.47. The van der Waals surface area contributed by atoms with Crippen molar-refractivity contribution < 1.29 is 9.47 Å². The van der Waals surface area contributed by atoms with Crippen LogP contribution in [0.1, 0.15) is 13.3 Å². The molecule has 0 aliphatic heterocycles. The van der Waals surface area contributed by atoms with E-state index in [1.807, 2.05) is 6.92 Å². The van der Waals surface area contributed by atoms with Gasteiger partial charge < -0.3 is 20.5 Å². The van der Waals surface area contributed by atoms with Crippen LogP contribution in [-0.2, 0) is 0 Å². The summed E-state index contributed by atoms with van der Waals surface area (Å²) in [6, 6.07) is 1.77. The van der Waals surface area contributed by atoms with Crippen LogP contribution in [0.3, 0.4) is 0 Å². The first-order chi connectivity index (χ1) is 7.65. The van der Waals surface area contributed by atoms with Gasteiger partial charge >= 0.3 is 0 Å². The Balaban J connectivity index is 2.64. The Hall–Kier alpha value is -1.56. The monoisotopic (exact) mass is 226 g/mol. The largest absolute Gasteiger partial charge is 0.481 e. The third-order valence-corrected chi connectivity index (χ3v) is 1.98. The number of hydrogen-bond donors (Lipinski definition) is 2. The number of nitrogens with one attached hydrogen (secondary N) is 1. The first kappa shape index (κ1) is 12.5. The number of nitrogens with zero attached hydrogens (tertiary/aromatic N) is 2. The molecule has 0 aliphatic rings. The third kappa shape index (κ3) is 3.90. The van der Waals surface area contributed by atoms with Gasteiger partial charge in [-0.15, -0.1) is 0 Å². The van der Waals surface area contributed by atoms with E-state index in [0.717, 1.165) is 6.42 Å². The molecule has 6 heteroatoms. The minimum absolute atomic E-state index is 0.153. The van der Waals surface area contributed by atoms with Gasteiger partial charge in [0.15, 0.2) is 0 Å². The van der Waals surface area contributed by atoms with Crippen molar-refractivity contribution in [2.45, 2.75) is 19.4 Å². The molecule has 0 radical (unpaired) electrons. The molecular weight excluding hydrogens is 208 g/mol. The zero-order valence-electron chi connectivity index (χ0n) is 9.86. The Morgan fingerprint density at radius 3 is 2.31 bits per heavy atom. The van der Waals surface area contributed by atoms with Crippen LogP contribution in [0.15, 0.2) is 6.07 Å². The quantitative estimate of drug-likeness (QED) is 0.741. The van der Waals surface area contributed by atoms with Crippen LogP contribution in [0.2, 0.25) is 0 Å². The van der Waals surface area contributed by atoms with E-state index in [0.29, 0.717) is 24.3 Å². The molecule has 0 saturated carbocycles. The van der Waals surface area contributed by atoms with Crippen LogP contribution >= 0.6 is 0 Å². The Morgan fingerprint density at radius 1 is 1.31 bits per heavy atom. The predicted molar refractivity (Wildman–Crippen MR) is 61.9 cm³/mol. The summed E-state index contributed by atoms with van der Waals surface area (Å²) < 4.78 is 10.1. The molecule has 1 aromatic heterocycles. The summed E-state index contributed by atoms with van der Waals surface area (Å²) in [7, 11) is 3.10. The maximum atomic E-state index is 5.64. The summed E-state index contributed by atoms with van der Waals surface area (Å²) in [6.45, 7) is 2.67. The number of anilines is 1. The zero-order valence-corrected chi connectivity index (χ0v) is 9.86. The number of nitrogens with two attached hydrogens (primary N) is 1. The van der Waals surface area contributed by atoms with Gasteiger partial charge in [-0.3, -0.25) is 0 Å². The van der Waals surface area contributed by atoms with Crippen molar-refractivity contribution in [3.8, 4) is 11.8 Å². The highest BCUT2D eigenvalue weighted by Crippen LogP contribution is 2.17. The Morgan fingerprint density at radius 2 is 1.88 bits per heavy atom. The van der Waals surface area contributed by atoms with Gasteiger partial charge in [0, 0.05) is 12.6 Å². The highest BCUT2D eigenvalue weighted by molar-refractivity contribution is 5.33. The van der Waals surface area contributed by atoms with Crippen molar-refractivity contribution in [1.82, 2.24) is 9.97 Å². The Kier molecular flexibility index (Phi) is 4.78. The SMILES string of the molecule is COc1cc(OC)nc(NCCC(C)N)n1. The molecule has 6 nitrogen and oxygen atoms in total. The van der Waals surface area contributed by atoms with Crippen LogP contribution in [0.4, 0.5) is 5.95 Å². The molecule has 1 atom stereocenters. The summed E-state index contributed by atoms with van der Waals surface area (Å²) in [6.07, 6.45) is 0.850. The molecule has 0 fully saturated rings. The van der Waals surface area contributed by atoms with Crippen LogP contribution in [0.25, 0.3) is 0 Å². The summed E-state index contributed by atoms with van der Waals surface area (Å²) in [5.74, 6) is 1.42. The van der Waals surface area contributed by atoms with Gasteiger partial charge in [-0.1, -0.05) is 0 Å². The van der Waals surface area contributed by atoms with E-state index in [1.54, 1.807) is 20.3 Å². The third-order valence-electron chi connectivity index (χ3n) is 1.98. The zero-order chi connectivity index (χ0) is 12.0. The second kappa shape index (κ2) is 6.12. The highest BCUT2D eigenvalue weighted by Gasteiger charge is 2.04. The van der Waals surface area contributed by atoms with Gasteiger partial charge in [-0.2, -0.15) is 9.97 Å². The van der Waals surface area contributed by atoms with Crippen molar-refractivity contribution in [2.75, 3.05) is 26.1 Å². The number of methoxy groups -OCH3 is 2. The lowest BCUT2D eigenvalue weighted by atomic mass is 10.2. The van der Waals surface area contributed by atoms with E-state index in [-0.39, 0.29) is 6.04 Å². The molecule has 0 amide bonds. The molecule has 1 unspecified atom stereocenters. The molecule has 16 heavy (non-hydrogen) atoms. The van der Waals surface area contributed by atoms with E-state index < -0.39 is 0 Å². The maximum Gasteiger partial charge on any atom is 0.229 e. The highest BCUT2D eigenvalue weighted by atomic mass is 16.5. The summed E-state index contributed by atoms with van der Waals surface area (Å²) in [4.78, 5) is 8.26. The second-order valence-electron chi connectivity index (χ2n) is 3.47. The molecule has 1 rings (SSSR count). The van der Waals surface area contributed by atoms with Gasteiger partial charge in [0.25, 0.3) is 0 Å². The van der Waals surface area contributed by atoms with Crippen molar-refractivity contribution in [3.05, 3.63) is 6.07 Å². The molecule has 1 aromatic rings. The number of aromatic nitrogens is 2. The van der Waals surface area contributed by atoms with E-state index in [9.17, 15) is 0 Å². The summed E-state index contributed by atoms with van der Waals surface area (Å²) in [5.41, 5.74) is 5.64. The fraction of sp³-hybridized carbons (Fsp3) is 0.600. The summed E-state index contributed by atoms with van der Waals surface area (Å²) in [5, 5.41) is 3.06. The van der Waals surface area contributed by atoms with Crippen molar-refractivity contribution >= 4 is 5.95 Å². The fourth-order valence-corrected chi connectivity index (χ4v) is 1.10.